The molecule has 0 aliphatic carbocycles. The number of carbonyl (C=O) groups is 1. The van der Waals surface area contributed by atoms with Crippen molar-refractivity contribution in [1.82, 2.24) is 4.31 Å². The van der Waals surface area contributed by atoms with Crippen LogP contribution in [-0.2, 0) is 19.6 Å². The number of thiocarbonyl (C=S) groups is 1. The smallest absolute Gasteiger partial charge is 0.321 e. The highest BCUT2D eigenvalue weighted by Crippen LogP contribution is 2.23. The van der Waals surface area contributed by atoms with Crippen LogP contribution in [0.2, 0.25) is 5.02 Å². The molecule has 0 aliphatic rings. The number of nitrogens with zero attached hydrogens (tertiary/aromatic N) is 1. The van der Waals surface area contributed by atoms with Crippen molar-refractivity contribution in [2.75, 3.05) is 20.2 Å². The van der Waals surface area contributed by atoms with Crippen molar-refractivity contribution in [2.24, 2.45) is 5.73 Å². The first-order chi connectivity index (χ1) is 9.73. The van der Waals surface area contributed by atoms with Crippen molar-refractivity contribution in [3.63, 3.8) is 0 Å². The number of ether oxygens (including phenoxy) is 1. The average Bonchev–Trinajstić information content (AvgIpc) is 2.43. The molecule has 0 saturated carbocycles. The van der Waals surface area contributed by atoms with E-state index in [2.05, 4.69) is 4.74 Å². The molecule has 9 heteroatoms. The fourth-order valence-electron chi connectivity index (χ4n) is 1.58. The lowest BCUT2D eigenvalue weighted by Gasteiger charge is -2.19. The largest absolute Gasteiger partial charge is 0.468 e. The number of carbonyl (C=O) groups excluding carboxylic acids is 1. The van der Waals surface area contributed by atoms with Gasteiger partial charge >= 0.3 is 5.97 Å². The number of rotatable bonds is 6. The number of esters is 1. The van der Waals surface area contributed by atoms with E-state index in [9.17, 15) is 13.2 Å². The van der Waals surface area contributed by atoms with Gasteiger partial charge in [0.1, 0.15) is 11.5 Å². The van der Waals surface area contributed by atoms with Crippen molar-refractivity contribution in [3.05, 3.63) is 28.8 Å². The summed E-state index contributed by atoms with van der Waals surface area (Å²) in [7, 11) is -2.67. The molecule has 0 aromatic heterocycles. The second kappa shape index (κ2) is 7.17. The predicted molar refractivity (Wildman–Crippen MR) is 83.8 cm³/mol. The number of methoxy groups -OCH3 is 1. The number of sulfonamides is 1. The van der Waals surface area contributed by atoms with Crippen LogP contribution in [0.15, 0.2) is 23.1 Å². The van der Waals surface area contributed by atoms with Gasteiger partial charge < -0.3 is 10.5 Å². The number of benzene rings is 1. The standard InChI is InChI=1S/C12H15ClN2O4S2/c1-3-15(7-11(16)19-2)21(17,18)8-4-5-9(12(14)20)10(13)6-8/h4-6H,3,7H2,1-2H3,(H2,14,20). The molecule has 116 valence electrons. The molecule has 0 radical (unpaired) electrons. The Hall–Kier alpha value is -1.22. The Balaban J connectivity index is 3.20. The summed E-state index contributed by atoms with van der Waals surface area (Å²) in [5, 5.41) is 0.137. The van der Waals surface area contributed by atoms with E-state index >= 15 is 0 Å². The van der Waals surface area contributed by atoms with Gasteiger partial charge in [0.2, 0.25) is 10.0 Å². The van der Waals surface area contributed by atoms with Crippen LogP contribution in [0.4, 0.5) is 0 Å². The molecular weight excluding hydrogens is 336 g/mol. The van der Waals surface area contributed by atoms with Crippen LogP contribution in [0.25, 0.3) is 0 Å². The molecule has 0 aliphatic heterocycles. The summed E-state index contributed by atoms with van der Waals surface area (Å²) in [4.78, 5) is 11.3. The van der Waals surface area contributed by atoms with Crippen LogP contribution < -0.4 is 5.73 Å². The Labute approximate surface area is 133 Å². The van der Waals surface area contributed by atoms with Gasteiger partial charge in [-0.2, -0.15) is 4.31 Å². The van der Waals surface area contributed by atoms with Crippen LogP contribution in [-0.4, -0.2) is 43.9 Å². The van der Waals surface area contributed by atoms with E-state index in [0.717, 1.165) is 4.31 Å². The van der Waals surface area contributed by atoms with Crippen molar-refractivity contribution in [2.45, 2.75) is 11.8 Å². The van der Waals surface area contributed by atoms with E-state index in [-0.39, 0.29) is 28.0 Å². The topological polar surface area (TPSA) is 89.7 Å². The third-order valence-corrected chi connectivity index (χ3v) is 5.18. The predicted octanol–water partition coefficient (Wildman–Crippen LogP) is 1.16. The highest BCUT2D eigenvalue weighted by Gasteiger charge is 2.26. The zero-order valence-corrected chi connectivity index (χ0v) is 13.9. The van der Waals surface area contributed by atoms with Crippen molar-refractivity contribution in [1.29, 1.82) is 0 Å². The third kappa shape index (κ3) is 4.13. The molecule has 1 rings (SSSR count). The van der Waals surface area contributed by atoms with Crippen LogP contribution >= 0.6 is 23.8 Å². The first-order valence-electron chi connectivity index (χ1n) is 5.90. The van der Waals surface area contributed by atoms with Gasteiger partial charge in [0.25, 0.3) is 0 Å². The number of likely N-dealkylation sites (N-methyl/N-ethyl adjacent to an activating group) is 1. The quantitative estimate of drug-likeness (QED) is 0.611. The molecule has 0 bridgehead atoms. The molecule has 6 nitrogen and oxygen atoms in total. The molecule has 21 heavy (non-hydrogen) atoms. The summed E-state index contributed by atoms with van der Waals surface area (Å²) in [5.74, 6) is -0.647. The molecule has 0 fully saturated rings. The van der Waals surface area contributed by atoms with Gasteiger partial charge in [-0.05, 0) is 18.2 Å². The average molecular weight is 351 g/mol. The lowest BCUT2D eigenvalue weighted by molar-refractivity contribution is -0.140. The Morgan fingerprint density at radius 3 is 2.52 bits per heavy atom. The maximum atomic E-state index is 12.4. The molecule has 1 aromatic rings. The molecule has 0 amide bonds. The van der Waals surface area contributed by atoms with E-state index in [0.29, 0.717) is 5.56 Å². The van der Waals surface area contributed by atoms with Crippen molar-refractivity contribution >= 4 is 44.8 Å². The van der Waals surface area contributed by atoms with E-state index in [1.807, 2.05) is 0 Å². The summed E-state index contributed by atoms with van der Waals surface area (Å²) in [5.41, 5.74) is 5.86. The number of halogens is 1. The van der Waals surface area contributed by atoms with Gasteiger partial charge in [0.05, 0.1) is 17.0 Å². The second-order valence-electron chi connectivity index (χ2n) is 4.01. The lowest BCUT2D eigenvalue weighted by atomic mass is 10.2. The normalized spacial score (nSPS) is 11.4. The van der Waals surface area contributed by atoms with E-state index in [1.54, 1.807) is 6.92 Å². The van der Waals surface area contributed by atoms with Crippen LogP contribution in [0.1, 0.15) is 12.5 Å². The van der Waals surface area contributed by atoms with Crippen LogP contribution in [0.5, 0.6) is 0 Å². The van der Waals surface area contributed by atoms with Gasteiger partial charge in [-0.15, -0.1) is 0 Å². The molecule has 1 aromatic carbocycles. The van der Waals surface area contributed by atoms with Gasteiger partial charge in [-0.25, -0.2) is 8.42 Å². The molecule has 0 spiro atoms. The monoisotopic (exact) mass is 350 g/mol. The molecule has 0 atom stereocenters. The highest BCUT2D eigenvalue weighted by atomic mass is 35.5. The maximum absolute atomic E-state index is 12.4. The first-order valence-corrected chi connectivity index (χ1v) is 8.13. The Morgan fingerprint density at radius 1 is 1.48 bits per heavy atom. The lowest BCUT2D eigenvalue weighted by Crippen LogP contribution is -2.36. The summed E-state index contributed by atoms with van der Waals surface area (Å²) in [6.07, 6.45) is 0. The summed E-state index contributed by atoms with van der Waals surface area (Å²) in [6.45, 7) is 1.36. The molecule has 0 saturated heterocycles. The first kappa shape index (κ1) is 17.8. The molecular formula is C12H15ClN2O4S2. The number of nitrogens with two attached hydrogens (primary N) is 1. The summed E-state index contributed by atoms with van der Waals surface area (Å²) in [6, 6.07) is 4.03. The van der Waals surface area contributed by atoms with Gasteiger partial charge in [0.15, 0.2) is 0 Å². The van der Waals surface area contributed by atoms with Crippen molar-refractivity contribution < 1.29 is 17.9 Å². The second-order valence-corrected chi connectivity index (χ2v) is 6.80. The minimum absolute atomic E-state index is 0.0433. The fraction of sp³-hybridized carbons (Fsp3) is 0.333. The van der Waals surface area contributed by atoms with Gasteiger partial charge in [-0.1, -0.05) is 30.7 Å². The SMILES string of the molecule is CCN(CC(=O)OC)S(=O)(=O)c1ccc(C(N)=S)c(Cl)c1. The zero-order chi connectivity index (χ0) is 16.2. The van der Waals surface area contributed by atoms with E-state index < -0.39 is 16.0 Å². The third-order valence-electron chi connectivity index (χ3n) is 2.73. The minimum Gasteiger partial charge on any atom is -0.468 e. The van der Waals surface area contributed by atoms with E-state index in [1.165, 1.54) is 25.3 Å². The van der Waals surface area contributed by atoms with Crippen LogP contribution in [0, 0.1) is 0 Å². The molecule has 0 heterocycles. The summed E-state index contributed by atoms with van der Waals surface area (Å²) >= 11 is 10.8. The number of hydrogen-bond acceptors (Lipinski definition) is 5. The number of hydrogen-bond donors (Lipinski definition) is 1. The van der Waals surface area contributed by atoms with Gasteiger partial charge in [-0.3, -0.25) is 4.79 Å². The maximum Gasteiger partial charge on any atom is 0.321 e. The Morgan fingerprint density at radius 2 is 2.10 bits per heavy atom. The minimum atomic E-state index is -3.86. The van der Waals surface area contributed by atoms with Crippen LogP contribution in [0.3, 0.4) is 0 Å². The molecule has 0 unspecified atom stereocenters. The molecule has 2 N–H and O–H groups in total. The zero-order valence-electron chi connectivity index (χ0n) is 11.5. The van der Waals surface area contributed by atoms with Gasteiger partial charge in [0, 0.05) is 12.1 Å². The summed E-state index contributed by atoms with van der Waals surface area (Å²) < 4.78 is 30.4. The van der Waals surface area contributed by atoms with Crippen molar-refractivity contribution in [3.8, 4) is 0 Å². The van der Waals surface area contributed by atoms with E-state index in [4.69, 9.17) is 29.6 Å². The Bertz CT molecular complexity index is 661. The highest BCUT2D eigenvalue weighted by molar-refractivity contribution is 7.89. The fourth-order valence-corrected chi connectivity index (χ4v) is 3.58. The Kier molecular flexibility index (Phi) is 6.09.